The van der Waals surface area contributed by atoms with Gasteiger partial charge in [0.25, 0.3) is 0 Å². The van der Waals surface area contributed by atoms with Gasteiger partial charge in [0.15, 0.2) is 12.4 Å². The molecule has 0 aliphatic carbocycles. The van der Waals surface area contributed by atoms with Crippen molar-refractivity contribution < 1.29 is 33.4 Å². The summed E-state index contributed by atoms with van der Waals surface area (Å²) in [6.45, 7) is 0. The van der Waals surface area contributed by atoms with Crippen LogP contribution in [-0.4, -0.2) is 12.8 Å². The number of benzene rings is 1. The molecule has 0 amide bonds. The maximum atomic E-state index is 4.92. The fourth-order valence-electron chi connectivity index (χ4n) is 1.62. The smallest absolute Gasteiger partial charge is 0.169 e. The molecular weight excluding hydrogens is 339 g/mol. The summed E-state index contributed by atoms with van der Waals surface area (Å²) in [6.07, 6.45) is 3.98. The maximum absolute atomic E-state index is 4.92. The van der Waals surface area contributed by atoms with Crippen LogP contribution in [0, 0.1) is 0 Å². The molecule has 1 aromatic carbocycles. The average molecular weight is 354 g/mol. The van der Waals surface area contributed by atoms with Crippen LogP contribution in [-0.2, 0) is 11.9 Å². The molecule has 0 saturated heterocycles. The van der Waals surface area contributed by atoms with Crippen LogP contribution < -0.4 is 28.5 Å². The predicted octanol–water partition coefficient (Wildman–Crippen LogP) is -1.09. The molecule has 4 heteroatoms. The Bertz CT molecular complexity index is 509. The van der Waals surface area contributed by atoms with Gasteiger partial charge in [-0.15, -0.1) is 0 Å². The minimum absolute atomic E-state index is 0. The molecule has 2 aromatic rings. The second kappa shape index (κ2) is 7.10. The second-order valence-corrected chi connectivity index (χ2v) is 3.74. The molecule has 0 aliphatic rings. The van der Waals surface area contributed by atoms with Gasteiger partial charge in [0.05, 0.1) is 0 Å². The van der Waals surface area contributed by atoms with Crippen LogP contribution in [0.4, 0.5) is 0 Å². The lowest BCUT2D eigenvalue weighted by atomic mass is 10.0. The van der Waals surface area contributed by atoms with Crippen LogP contribution in [0.15, 0.2) is 60.0 Å². The van der Waals surface area contributed by atoms with Gasteiger partial charge in [-0.3, -0.25) is 0 Å². The van der Waals surface area contributed by atoms with Crippen LogP contribution in [0.5, 0.6) is 0 Å². The summed E-state index contributed by atoms with van der Waals surface area (Å²) in [5.74, 6) is 0. The summed E-state index contributed by atoms with van der Waals surface area (Å²) in [5.41, 5.74) is 2.92. The molecule has 0 saturated carbocycles. The Morgan fingerprint density at radius 3 is 2.11 bits per heavy atom. The molecule has 0 fully saturated rings. The van der Waals surface area contributed by atoms with E-state index in [1.165, 1.54) is 0 Å². The van der Waals surface area contributed by atoms with Gasteiger partial charge in [-0.2, -0.15) is 0 Å². The first-order chi connectivity index (χ1) is 8.31. The van der Waals surface area contributed by atoms with Crippen molar-refractivity contribution in [3.63, 3.8) is 0 Å². The number of hydrogen-bond donors (Lipinski definition) is 0. The number of pyridine rings is 1. The highest BCUT2D eigenvalue weighted by atomic mass is 127. The Hall–Kier alpha value is -1.43. The van der Waals surface area contributed by atoms with Crippen LogP contribution in [0.1, 0.15) is 11.1 Å². The number of aryl methyl sites for hydroxylation is 1. The summed E-state index contributed by atoms with van der Waals surface area (Å²) in [6, 6.07) is 14.0. The summed E-state index contributed by atoms with van der Waals surface area (Å²) in [4.78, 5) is 4.92. The first-order valence-corrected chi connectivity index (χ1v) is 5.43. The van der Waals surface area contributed by atoms with Crippen molar-refractivity contribution in [2.45, 2.75) is 0 Å². The normalized spacial score (nSPS) is 10.7. The number of oxime groups is 1. The van der Waals surface area contributed by atoms with E-state index in [0.29, 0.717) is 0 Å². The Labute approximate surface area is 124 Å². The van der Waals surface area contributed by atoms with Crippen molar-refractivity contribution in [1.82, 2.24) is 0 Å². The highest BCUT2D eigenvalue weighted by Gasteiger charge is 2.08. The molecule has 1 aromatic heterocycles. The predicted molar refractivity (Wildman–Crippen MR) is 66.7 cm³/mol. The topological polar surface area (TPSA) is 25.5 Å². The highest BCUT2D eigenvalue weighted by molar-refractivity contribution is 6.12. The Morgan fingerprint density at radius 1 is 1.00 bits per heavy atom. The van der Waals surface area contributed by atoms with Crippen molar-refractivity contribution in [2.75, 3.05) is 7.11 Å². The van der Waals surface area contributed by atoms with Crippen molar-refractivity contribution in [3.8, 4) is 0 Å². The van der Waals surface area contributed by atoms with E-state index in [1.807, 2.05) is 66.5 Å². The lowest BCUT2D eigenvalue weighted by Crippen LogP contribution is -3.00. The highest BCUT2D eigenvalue weighted by Crippen LogP contribution is 2.09. The minimum atomic E-state index is 0. The van der Waals surface area contributed by atoms with Crippen LogP contribution in [0.25, 0.3) is 0 Å². The standard InChI is InChI=1S/C14H15N2O.HI/c1-16-10-8-13(9-11-16)14(15-17-2)12-6-4-3-5-7-12;/h3-11H,1-2H3;1H/q+1;/p-1/b15-14-;. The van der Waals surface area contributed by atoms with E-state index in [0.717, 1.165) is 16.8 Å². The third-order valence-corrected chi connectivity index (χ3v) is 2.48. The number of nitrogens with zero attached hydrogens (tertiary/aromatic N) is 2. The molecule has 2 rings (SSSR count). The molecule has 18 heavy (non-hydrogen) atoms. The monoisotopic (exact) mass is 354 g/mol. The number of hydrogen-bond acceptors (Lipinski definition) is 2. The molecule has 0 N–H and O–H groups in total. The fourth-order valence-corrected chi connectivity index (χ4v) is 1.62. The zero-order chi connectivity index (χ0) is 12.1. The van der Waals surface area contributed by atoms with E-state index in [-0.39, 0.29) is 24.0 Å². The molecule has 0 radical (unpaired) electrons. The van der Waals surface area contributed by atoms with Crippen molar-refractivity contribution >= 4 is 5.71 Å². The molecular formula is C14H15IN2O. The third-order valence-electron chi connectivity index (χ3n) is 2.48. The second-order valence-electron chi connectivity index (χ2n) is 3.74. The maximum Gasteiger partial charge on any atom is 0.169 e. The Morgan fingerprint density at radius 2 is 1.56 bits per heavy atom. The third kappa shape index (κ3) is 3.53. The van der Waals surface area contributed by atoms with Crippen molar-refractivity contribution in [1.29, 1.82) is 0 Å². The minimum Gasteiger partial charge on any atom is -1.00 e. The largest absolute Gasteiger partial charge is 1.00 e. The average Bonchev–Trinajstić information content (AvgIpc) is 2.38. The lowest BCUT2D eigenvalue weighted by molar-refractivity contribution is -0.671. The molecule has 0 spiro atoms. The van der Waals surface area contributed by atoms with Gasteiger partial charge in [-0.05, 0) is 0 Å². The number of halogens is 1. The van der Waals surface area contributed by atoms with Gasteiger partial charge in [-0.1, -0.05) is 35.5 Å². The van der Waals surface area contributed by atoms with Gasteiger partial charge in [0.1, 0.15) is 19.9 Å². The van der Waals surface area contributed by atoms with E-state index in [4.69, 9.17) is 4.84 Å². The first-order valence-electron chi connectivity index (χ1n) is 5.43. The number of aromatic nitrogens is 1. The van der Waals surface area contributed by atoms with Crippen molar-refractivity contribution in [2.24, 2.45) is 12.2 Å². The van der Waals surface area contributed by atoms with Crippen molar-refractivity contribution in [3.05, 3.63) is 66.0 Å². The van der Waals surface area contributed by atoms with Gasteiger partial charge < -0.3 is 28.8 Å². The summed E-state index contributed by atoms with van der Waals surface area (Å²) >= 11 is 0. The zero-order valence-corrected chi connectivity index (χ0v) is 12.5. The Balaban J connectivity index is 0.00000162. The van der Waals surface area contributed by atoms with Gasteiger partial charge in [-0.25, -0.2) is 4.57 Å². The molecule has 3 nitrogen and oxygen atoms in total. The molecule has 0 aliphatic heterocycles. The molecule has 0 atom stereocenters. The quantitative estimate of drug-likeness (QED) is 0.298. The van der Waals surface area contributed by atoms with Crippen LogP contribution in [0.3, 0.4) is 0 Å². The molecule has 94 valence electrons. The summed E-state index contributed by atoms with van der Waals surface area (Å²) < 4.78 is 1.99. The summed E-state index contributed by atoms with van der Waals surface area (Å²) in [5, 5.41) is 4.10. The van der Waals surface area contributed by atoms with Crippen LogP contribution in [0.2, 0.25) is 0 Å². The lowest BCUT2D eigenvalue weighted by Gasteiger charge is -2.04. The summed E-state index contributed by atoms with van der Waals surface area (Å²) in [7, 11) is 3.55. The van der Waals surface area contributed by atoms with Gasteiger partial charge in [0.2, 0.25) is 0 Å². The fraction of sp³-hybridized carbons (Fsp3) is 0.143. The zero-order valence-electron chi connectivity index (χ0n) is 10.4. The van der Waals surface area contributed by atoms with Crippen LogP contribution >= 0.6 is 0 Å². The van der Waals surface area contributed by atoms with E-state index in [9.17, 15) is 0 Å². The molecule has 1 heterocycles. The van der Waals surface area contributed by atoms with E-state index < -0.39 is 0 Å². The first kappa shape index (κ1) is 14.6. The Kier molecular flexibility index (Phi) is 5.77. The van der Waals surface area contributed by atoms with E-state index in [1.54, 1.807) is 7.11 Å². The number of rotatable bonds is 3. The SMILES string of the molecule is CO/N=C(/c1ccccc1)c1cc[n+](C)cc1.[I-]. The van der Waals surface area contributed by atoms with E-state index in [2.05, 4.69) is 5.16 Å². The molecule has 0 unspecified atom stereocenters. The van der Waals surface area contributed by atoms with Gasteiger partial charge in [0, 0.05) is 23.3 Å². The van der Waals surface area contributed by atoms with E-state index >= 15 is 0 Å². The molecule has 0 bridgehead atoms. The van der Waals surface area contributed by atoms with Gasteiger partial charge >= 0.3 is 0 Å².